The zero-order valence-electron chi connectivity index (χ0n) is 17.0. The third-order valence-corrected chi connectivity index (χ3v) is 4.92. The van der Waals surface area contributed by atoms with Crippen LogP contribution in [0.1, 0.15) is 67.5 Å². The van der Waals surface area contributed by atoms with Gasteiger partial charge in [0.15, 0.2) is 6.10 Å². The molecule has 0 fully saturated rings. The van der Waals surface area contributed by atoms with E-state index >= 15 is 0 Å². The van der Waals surface area contributed by atoms with E-state index in [4.69, 9.17) is 4.74 Å². The third kappa shape index (κ3) is 4.66. The molecular weight excluding hydrogens is 322 g/mol. The number of aryl methyl sites for hydroxylation is 3. The van der Waals surface area contributed by atoms with Crippen molar-refractivity contribution in [1.29, 1.82) is 0 Å². The Morgan fingerprint density at radius 2 is 1.50 bits per heavy atom. The number of hydrogen-bond acceptors (Lipinski definition) is 2. The summed E-state index contributed by atoms with van der Waals surface area (Å²) in [5.74, 6) is 1.02. The predicted molar refractivity (Wildman–Crippen MR) is 108 cm³/mol. The number of nitrogens with one attached hydrogen (secondary N) is 1. The van der Waals surface area contributed by atoms with Crippen LogP contribution in [0.15, 0.2) is 36.4 Å². The Kier molecular flexibility index (Phi) is 6.47. The van der Waals surface area contributed by atoms with Gasteiger partial charge in [0.1, 0.15) is 5.75 Å². The van der Waals surface area contributed by atoms with E-state index in [1.165, 1.54) is 16.7 Å². The molecule has 0 saturated carbocycles. The van der Waals surface area contributed by atoms with Gasteiger partial charge >= 0.3 is 0 Å². The summed E-state index contributed by atoms with van der Waals surface area (Å²) < 4.78 is 5.97. The molecular formula is C23H31NO2. The number of carbonyl (C=O) groups is 1. The number of benzene rings is 2. The van der Waals surface area contributed by atoms with E-state index in [1.54, 1.807) is 6.92 Å². The summed E-state index contributed by atoms with van der Waals surface area (Å²) in [6, 6.07) is 12.2. The van der Waals surface area contributed by atoms with Gasteiger partial charge in [-0.25, -0.2) is 0 Å². The SMILES string of the molecule is Cc1cc(C)c([C@H](C)NC(=O)[C@@H](C)Oc2ccccc2C(C)C)cc1C. The zero-order chi connectivity index (χ0) is 19.4. The van der Waals surface area contributed by atoms with Crippen molar-refractivity contribution in [2.45, 2.75) is 66.5 Å². The van der Waals surface area contributed by atoms with Crippen molar-refractivity contribution in [1.82, 2.24) is 5.32 Å². The van der Waals surface area contributed by atoms with E-state index in [-0.39, 0.29) is 11.9 Å². The lowest BCUT2D eigenvalue weighted by molar-refractivity contribution is -0.127. The van der Waals surface area contributed by atoms with E-state index in [0.29, 0.717) is 5.92 Å². The van der Waals surface area contributed by atoms with Crippen LogP contribution >= 0.6 is 0 Å². The molecule has 0 aliphatic rings. The third-order valence-electron chi connectivity index (χ3n) is 4.92. The molecule has 0 saturated heterocycles. The summed E-state index contributed by atoms with van der Waals surface area (Å²) in [5.41, 5.74) is 5.97. The molecule has 0 radical (unpaired) electrons. The van der Waals surface area contributed by atoms with Crippen molar-refractivity contribution < 1.29 is 9.53 Å². The monoisotopic (exact) mass is 353 g/mol. The summed E-state index contributed by atoms with van der Waals surface area (Å²) in [5, 5.41) is 3.09. The summed E-state index contributed by atoms with van der Waals surface area (Å²) in [7, 11) is 0. The van der Waals surface area contributed by atoms with Gasteiger partial charge in [0.05, 0.1) is 6.04 Å². The molecule has 3 nitrogen and oxygen atoms in total. The highest BCUT2D eigenvalue weighted by atomic mass is 16.5. The molecule has 1 amide bonds. The van der Waals surface area contributed by atoms with E-state index in [0.717, 1.165) is 16.9 Å². The van der Waals surface area contributed by atoms with Gasteiger partial charge in [0, 0.05) is 0 Å². The molecule has 0 spiro atoms. The standard InChI is InChI=1S/C23H31NO2/c1-14(2)20-10-8-9-11-22(20)26-19(7)23(25)24-18(6)21-13-16(4)15(3)12-17(21)5/h8-14,18-19H,1-7H3,(H,24,25)/t18-,19+/m0/s1. The quantitative estimate of drug-likeness (QED) is 0.757. The van der Waals surface area contributed by atoms with Gasteiger partial charge < -0.3 is 10.1 Å². The molecule has 3 heteroatoms. The second-order valence-corrected chi connectivity index (χ2v) is 7.48. The second kappa shape index (κ2) is 8.39. The first-order chi connectivity index (χ1) is 12.2. The van der Waals surface area contributed by atoms with Crippen molar-refractivity contribution in [3.05, 3.63) is 64.2 Å². The fourth-order valence-corrected chi connectivity index (χ4v) is 3.17. The largest absolute Gasteiger partial charge is 0.481 e. The summed E-state index contributed by atoms with van der Waals surface area (Å²) in [6.07, 6.45) is -0.552. The van der Waals surface area contributed by atoms with Crippen LogP contribution in [0.2, 0.25) is 0 Å². The van der Waals surface area contributed by atoms with Gasteiger partial charge in [0.2, 0.25) is 0 Å². The molecule has 0 heterocycles. The molecule has 2 rings (SSSR count). The first kappa shape index (κ1) is 20.0. The average Bonchev–Trinajstić information content (AvgIpc) is 2.58. The maximum absolute atomic E-state index is 12.6. The highest BCUT2D eigenvalue weighted by molar-refractivity contribution is 5.81. The molecule has 0 unspecified atom stereocenters. The molecule has 2 aromatic carbocycles. The van der Waals surface area contributed by atoms with Gasteiger partial charge in [-0.1, -0.05) is 44.2 Å². The Bertz CT molecular complexity index is 780. The Morgan fingerprint density at radius 3 is 2.15 bits per heavy atom. The van der Waals surface area contributed by atoms with Crippen LogP contribution in [0, 0.1) is 20.8 Å². The summed E-state index contributed by atoms with van der Waals surface area (Å²) in [6.45, 7) is 14.4. The van der Waals surface area contributed by atoms with Crippen LogP contribution in [-0.2, 0) is 4.79 Å². The van der Waals surface area contributed by atoms with Crippen molar-refractivity contribution in [3.8, 4) is 5.75 Å². The molecule has 0 aliphatic carbocycles. The minimum Gasteiger partial charge on any atom is -0.481 e. The van der Waals surface area contributed by atoms with E-state index in [1.807, 2.05) is 31.2 Å². The molecule has 2 aromatic rings. The van der Waals surface area contributed by atoms with Crippen molar-refractivity contribution in [3.63, 3.8) is 0 Å². The molecule has 26 heavy (non-hydrogen) atoms. The van der Waals surface area contributed by atoms with E-state index in [2.05, 4.69) is 52.1 Å². The fraction of sp³-hybridized carbons (Fsp3) is 0.435. The molecule has 2 atom stereocenters. The highest BCUT2D eigenvalue weighted by Gasteiger charge is 2.20. The Hall–Kier alpha value is -2.29. The number of ether oxygens (including phenoxy) is 1. The lowest BCUT2D eigenvalue weighted by Crippen LogP contribution is -2.38. The van der Waals surface area contributed by atoms with Crippen molar-refractivity contribution in [2.24, 2.45) is 0 Å². The van der Waals surface area contributed by atoms with Crippen LogP contribution in [0.25, 0.3) is 0 Å². The van der Waals surface area contributed by atoms with Crippen LogP contribution in [0.5, 0.6) is 5.75 Å². The fourth-order valence-electron chi connectivity index (χ4n) is 3.17. The van der Waals surface area contributed by atoms with E-state index in [9.17, 15) is 4.79 Å². The molecule has 1 N–H and O–H groups in total. The number of amides is 1. The highest BCUT2D eigenvalue weighted by Crippen LogP contribution is 2.27. The molecule has 0 bridgehead atoms. The van der Waals surface area contributed by atoms with Gasteiger partial charge in [-0.05, 0) is 74.4 Å². The summed E-state index contributed by atoms with van der Waals surface area (Å²) >= 11 is 0. The topological polar surface area (TPSA) is 38.3 Å². The van der Waals surface area contributed by atoms with Gasteiger partial charge in [-0.2, -0.15) is 0 Å². The number of rotatable bonds is 6. The Balaban J connectivity index is 2.09. The molecule has 0 aliphatic heterocycles. The van der Waals surface area contributed by atoms with Crippen LogP contribution < -0.4 is 10.1 Å². The van der Waals surface area contributed by atoms with Crippen LogP contribution in [0.3, 0.4) is 0 Å². The lowest BCUT2D eigenvalue weighted by atomic mass is 9.96. The maximum atomic E-state index is 12.6. The van der Waals surface area contributed by atoms with Crippen molar-refractivity contribution >= 4 is 5.91 Å². The first-order valence-corrected chi connectivity index (χ1v) is 9.34. The van der Waals surface area contributed by atoms with Gasteiger partial charge in [-0.3, -0.25) is 4.79 Å². The van der Waals surface area contributed by atoms with Gasteiger partial charge in [0.25, 0.3) is 5.91 Å². The molecule has 140 valence electrons. The Labute approximate surface area is 157 Å². The van der Waals surface area contributed by atoms with E-state index < -0.39 is 6.10 Å². The molecule has 0 aromatic heterocycles. The van der Waals surface area contributed by atoms with Crippen molar-refractivity contribution in [2.75, 3.05) is 0 Å². The number of para-hydroxylation sites is 1. The first-order valence-electron chi connectivity index (χ1n) is 9.34. The maximum Gasteiger partial charge on any atom is 0.261 e. The van der Waals surface area contributed by atoms with Crippen LogP contribution in [0.4, 0.5) is 0 Å². The number of hydrogen-bond donors (Lipinski definition) is 1. The second-order valence-electron chi connectivity index (χ2n) is 7.48. The minimum absolute atomic E-state index is 0.0619. The predicted octanol–water partition coefficient (Wildman–Crippen LogP) is 5.38. The van der Waals surface area contributed by atoms with Crippen LogP contribution in [-0.4, -0.2) is 12.0 Å². The summed E-state index contributed by atoms with van der Waals surface area (Å²) in [4.78, 5) is 12.6. The van der Waals surface area contributed by atoms with Gasteiger partial charge in [-0.15, -0.1) is 0 Å². The normalized spacial score (nSPS) is 13.4. The smallest absolute Gasteiger partial charge is 0.261 e. The zero-order valence-corrected chi connectivity index (χ0v) is 17.0. The lowest BCUT2D eigenvalue weighted by Gasteiger charge is -2.22. The Morgan fingerprint density at radius 1 is 0.885 bits per heavy atom. The minimum atomic E-state index is -0.552. The average molecular weight is 354 g/mol. The number of carbonyl (C=O) groups excluding carboxylic acids is 1.